The number of nitrogens with zero attached hydrogens (tertiary/aromatic N) is 1. The lowest BCUT2D eigenvalue weighted by molar-refractivity contribution is -0.145. The van der Waals surface area contributed by atoms with Crippen LogP contribution in [-0.2, 0) is 14.3 Å². The lowest BCUT2D eigenvalue weighted by Gasteiger charge is -2.20. The van der Waals surface area contributed by atoms with Crippen molar-refractivity contribution in [2.24, 2.45) is 5.92 Å². The molecule has 4 nitrogen and oxygen atoms in total. The molecule has 112 valence electrons. The summed E-state index contributed by atoms with van der Waals surface area (Å²) in [6.07, 6.45) is 0.204. The molecule has 0 saturated carbocycles. The number of methoxy groups -OCH3 is 1. The molecule has 2 aromatic rings. The first kappa shape index (κ1) is 14.3. The number of hydrogen-bond acceptors (Lipinski definition) is 3. The first-order chi connectivity index (χ1) is 10.7. The predicted molar refractivity (Wildman–Crippen MR) is 84.4 cm³/mol. The van der Waals surface area contributed by atoms with E-state index >= 15 is 0 Å². The van der Waals surface area contributed by atoms with Crippen LogP contribution in [0, 0.1) is 5.92 Å². The maximum atomic E-state index is 12.3. The van der Waals surface area contributed by atoms with E-state index in [1.807, 2.05) is 54.6 Å². The van der Waals surface area contributed by atoms with Crippen molar-refractivity contribution in [3.05, 3.63) is 54.6 Å². The Morgan fingerprint density at radius 1 is 1.09 bits per heavy atom. The van der Waals surface area contributed by atoms with E-state index in [-0.39, 0.29) is 24.2 Å². The number of hydrogen-bond donors (Lipinski definition) is 0. The summed E-state index contributed by atoms with van der Waals surface area (Å²) >= 11 is 0. The third-order valence-corrected chi connectivity index (χ3v) is 3.94. The van der Waals surface area contributed by atoms with E-state index in [0.717, 1.165) is 16.8 Å². The van der Waals surface area contributed by atoms with Gasteiger partial charge in [-0.25, -0.2) is 0 Å². The van der Waals surface area contributed by atoms with Crippen molar-refractivity contribution in [2.45, 2.75) is 6.42 Å². The minimum absolute atomic E-state index is 0.0428. The normalized spacial score (nSPS) is 17.6. The summed E-state index contributed by atoms with van der Waals surface area (Å²) in [7, 11) is 1.35. The topological polar surface area (TPSA) is 46.6 Å². The highest BCUT2D eigenvalue weighted by molar-refractivity contribution is 6.02. The Labute approximate surface area is 129 Å². The molecule has 22 heavy (non-hydrogen) atoms. The van der Waals surface area contributed by atoms with Crippen LogP contribution >= 0.6 is 0 Å². The summed E-state index contributed by atoms with van der Waals surface area (Å²) in [6, 6.07) is 17.7. The van der Waals surface area contributed by atoms with Gasteiger partial charge < -0.3 is 9.64 Å². The van der Waals surface area contributed by atoms with E-state index in [1.165, 1.54) is 7.11 Å². The first-order valence-electron chi connectivity index (χ1n) is 7.23. The maximum absolute atomic E-state index is 12.3. The molecule has 1 saturated heterocycles. The molecule has 1 amide bonds. The Balaban J connectivity index is 1.96. The van der Waals surface area contributed by atoms with E-state index < -0.39 is 0 Å². The molecule has 0 aromatic heterocycles. The number of amides is 1. The van der Waals surface area contributed by atoms with Crippen molar-refractivity contribution < 1.29 is 14.3 Å². The lowest BCUT2D eigenvalue weighted by Crippen LogP contribution is -2.26. The van der Waals surface area contributed by atoms with Crippen molar-refractivity contribution in [3.63, 3.8) is 0 Å². The van der Waals surface area contributed by atoms with Crippen LogP contribution in [0.25, 0.3) is 11.1 Å². The van der Waals surface area contributed by atoms with Crippen LogP contribution < -0.4 is 4.90 Å². The van der Waals surface area contributed by atoms with Crippen LogP contribution in [0.5, 0.6) is 0 Å². The number of esters is 1. The number of ether oxygens (including phenoxy) is 1. The molecule has 0 bridgehead atoms. The zero-order valence-corrected chi connectivity index (χ0v) is 12.4. The second-order valence-corrected chi connectivity index (χ2v) is 5.31. The van der Waals surface area contributed by atoms with Crippen molar-refractivity contribution in [2.75, 3.05) is 18.6 Å². The Bertz CT molecular complexity index is 696. The van der Waals surface area contributed by atoms with Crippen LogP contribution in [0.1, 0.15) is 6.42 Å². The molecule has 2 aromatic carbocycles. The molecule has 4 heteroatoms. The van der Waals surface area contributed by atoms with Gasteiger partial charge in [0.25, 0.3) is 0 Å². The van der Waals surface area contributed by atoms with E-state index in [0.29, 0.717) is 6.54 Å². The van der Waals surface area contributed by atoms with E-state index in [1.54, 1.807) is 4.90 Å². The quantitative estimate of drug-likeness (QED) is 0.818. The molecule has 0 spiro atoms. The van der Waals surface area contributed by atoms with Crippen molar-refractivity contribution >= 4 is 17.6 Å². The molecule has 3 rings (SSSR count). The minimum Gasteiger partial charge on any atom is -0.469 e. The van der Waals surface area contributed by atoms with Crippen LogP contribution in [0.4, 0.5) is 5.69 Å². The highest BCUT2D eigenvalue weighted by atomic mass is 16.5. The van der Waals surface area contributed by atoms with Crippen molar-refractivity contribution in [1.82, 2.24) is 0 Å². The highest BCUT2D eigenvalue weighted by Crippen LogP contribution is 2.34. The molecule has 1 aliphatic heterocycles. The Kier molecular flexibility index (Phi) is 3.92. The van der Waals surface area contributed by atoms with Gasteiger partial charge in [-0.05, 0) is 11.6 Å². The molecule has 1 heterocycles. The van der Waals surface area contributed by atoms with Crippen LogP contribution in [-0.4, -0.2) is 25.5 Å². The average Bonchev–Trinajstić information content (AvgIpc) is 2.96. The average molecular weight is 295 g/mol. The number of para-hydroxylation sites is 1. The summed E-state index contributed by atoms with van der Waals surface area (Å²) in [5.74, 6) is -0.756. The first-order valence-corrected chi connectivity index (χ1v) is 7.23. The van der Waals surface area contributed by atoms with E-state index in [4.69, 9.17) is 4.74 Å². The number of carbonyl (C=O) groups excluding carboxylic acids is 2. The molecule has 1 fully saturated rings. The summed E-state index contributed by atoms with van der Waals surface area (Å²) < 4.78 is 4.76. The standard InChI is InChI=1S/C18H17NO3/c1-22-18(21)14-11-17(20)19(12-14)16-10-6-5-9-15(16)13-7-3-2-4-8-13/h2-10,14H,11-12H2,1H3. The van der Waals surface area contributed by atoms with Crippen molar-refractivity contribution in [1.29, 1.82) is 0 Å². The molecule has 1 aliphatic rings. The second kappa shape index (κ2) is 6.02. The number of carbonyl (C=O) groups is 2. The predicted octanol–water partition coefficient (Wildman–Crippen LogP) is 2.88. The number of benzene rings is 2. The van der Waals surface area contributed by atoms with Crippen LogP contribution in [0.3, 0.4) is 0 Å². The Morgan fingerprint density at radius 2 is 1.77 bits per heavy atom. The van der Waals surface area contributed by atoms with Crippen LogP contribution in [0.15, 0.2) is 54.6 Å². The van der Waals surface area contributed by atoms with Gasteiger partial charge in [-0.15, -0.1) is 0 Å². The molecule has 1 atom stereocenters. The van der Waals surface area contributed by atoms with E-state index in [9.17, 15) is 9.59 Å². The smallest absolute Gasteiger partial charge is 0.311 e. The van der Waals surface area contributed by atoms with Gasteiger partial charge in [-0.3, -0.25) is 9.59 Å². The molecule has 0 radical (unpaired) electrons. The summed E-state index contributed by atoms with van der Waals surface area (Å²) in [5.41, 5.74) is 2.87. The largest absolute Gasteiger partial charge is 0.469 e. The third kappa shape index (κ3) is 2.60. The Hall–Kier alpha value is -2.62. The molecular weight excluding hydrogens is 278 g/mol. The summed E-state index contributed by atoms with van der Waals surface area (Å²) in [4.78, 5) is 25.7. The fourth-order valence-corrected chi connectivity index (χ4v) is 2.84. The number of anilines is 1. The molecular formula is C18H17NO3. The van der Waals surface area contributed by atoms with Gasteiger partial charge in [0.05, 0.1) is 18.7 Å². The molecule has 1 unspecified atom stereocenters. The number of rotatable bonds is 3. The van der Waals surface area contributed by atoms with Gasteiger partial charge in [0.2, 0.25) is 5.91 Å². The maximum Gasteiger partial charge on any atom is 0.311 e. The zero-order chi connectivity index (χ0) is 15.5. The van der Waals surface area contributed by atoms with Gasteiger partial charge >= 0.3 is 5.97 Å². The summed E-state index contributed by atoms with van der Waals surface area (Å²) in [5, 5.41) is 0. The van der Waals surface area contributed by atoms with E-state index in [2.05, 4.69) is 0 Å². The second-order valence-electron chi connectivity index (χ2n) is 5.31. The lowest BCUT2D eigenvalue weighted by atomic mass is 10.0. The highest BCUT2D eigenvalue weighted by Gasteiger charge is 2.36. The van der Waals surface area contributed by atoms with Gasteiger partial charge in [-0.1, -0.05) is 48.5 Å². The van der Waals surface area contributed by atoms with Gasteiger partial charge in [0, 0.05) is 18.5 Å². The fraction of sp³-hybridized carbons (Fsp3) is 0.222. The minimum atomic E-state index is -0.388. The van der Waals surface area contributed by atoms with Crippen molar-refractivity contribution in [3.8, 4) is 11.1 Å². The van der Waals surface area contributed by atoms with Gasteiger partial charge in [0.15, 0.2) is 0 Å². The fourth-order valence-electron chi connectivity index (χ4n) is 2.84. The molecule has 0 N–H and O–H groups in total. The summed E-state index contributed by atoms with van der Waals surface area (Å²) in [6.45, 7) is 0.370. The third-order valence-electron chi connectivity index (χ3n) is 3.94. The Morgan fingerprint density at radius 3 is 2.50 bits per heavy atom. The SMILES string of the molecule is COC(=O)C1CC(=O)N(c2ccccc2-c2ccccc2)C1. The zero-order valence-electron chi connectivity index (χ0n) is 12.4. The molecule has 0 aliphatic carbocycles. The van der Waals surface area contributed by atoms with Gasteiger partial charge in [0.1, 0.15) is 0 Å². The van der Waals surface area contributed by atoms with Crippen LogP contribution in [0.2, 0.25) is 0 Å². The van der Waals surface area contributed by atoms with Gasteiger partial charge in [-0.2, -0.15) is 0 Å². The monoisotopic (exact) mass is 295 g/mol.